The Kier molecular flexibility index (Phi) is 3.79. The van der Waals surface area contributed by atoms with Crippen LogP contribution in [0.4, 0.5) is 5.69 Å². The zero-order valence-corrected chi connectivity index (χ0v) is 10.9. The first-order chi connectivity index (χ1) is 9.08. The van der Waals surface area contributed by atoms with Gasteiger partial charge in [0.2, 0.25) is 5.89 Å². The van der Waals surface area contributed by atoms with Crippen molar-refractivity contribution in [2.24, 2.45) is 0 Å². The summed E-state index contributed by atoms with van der Waals surface area (Å²) in [6.45, 7) is 4.02. The lowest BCUT2D eigenvalue weighted by Crippen LogP contribution is -2.26. The van der Waals surface area contributed by atoms with E-state index in [1.807, 2.05) is 6.92 Å². The lowest BCUT2D eigenvalue weighted by atomic mass is 10.1. The van der Waals surface area contributed by atoms with Gasteiger partial charge in [0, 0.05) is 24.2 Å². The summed E-state index contributed by atoms with van der Waals surface area (Å²) in [5.74, 6) is 0.955. The van der Waals surface area contributed by atoms with Gasteiger partial charge in [0.05, 0.1) is 0 Å². The molecule has 2 aromatic rings. The number of hydrogen-bond acceptors (Lipinski definition) is 5. The standard InChI is InChI=1S/C13H16N4O2/c1-8-10(4-3-5-11(8)14)13(18)15-7-6-12-16-9(2)17-19-12/h3-5H,6-7,14H2,1-2H3,(H,15,18). The molecule has 0 bridgehead atoms. The van der Waals surface area contributed by atoms with Gasteiger partial charge in [0.1, 0.15) is 0 Å². The monoisotopic (exact) mass is 260 g/mol. The van der Waals surface area contributed by atoms with Crippen LogP contribution in [0.25, 0.3) is 0 Å². The zero-order chi connectivity index (χ0) is 13.8. The van der Waals surface area contributed by atoms with Crippen molar-refractivity contribution in [2.75, 3.05) is 12.3 Å². The summed E-state index contributed by atoms with van der Waals surface area (Å²) in [5, 5.41) is 6.49. The number of nitrogens with one attached hydrogen (secondary N) is 1. The fourth-order valence-electron chi connectivity index (χ4n) is 1.72. The van der Waals surface area contributed by atoms with E-state index < -0.39 is 0 Å². The molecule has 3 N–H and O–H groups in total. The smallest absolute Gasteiger partial charge is 0.251 e. The van der Waals surface area contributed by atoms with Gasteiger partial charge in [0.15, 0.2) is 5.82 Å². The van der Waals surface area contributed by atoms with Crippen LogP contribution < -0.4 is 11.1 Å². The minimum absolute atomic E-state index is 0.152. The number of nitrogen functional groups attached to an aromatic ring is 1. The molecule has 0 spiro atoms. The number of carbonyl (C=O) groups excluding carboxylic acids is 1. The maximum absolute atomic E-state index is 12.0. The van der Waals surface area contributed by atoms with Crippen molar-refractivity contribution in [3.63, 3.8) is 0 Å². The Morgan fingerprint density at radius 1 is 1.42 bits per heavy atom. The molecule has 1 aromatic carbocycles. The average molecular weight is 260 g/mol. The molecular weight excluding hydrogens is 244 g/mol. The van der Waals surface area contributed by atoms with Gasteiger partial charge >= 0.3 is 0 Å². The molecule has 0 unspecified atom stereocenters. The lowest BCUT2D eigenvalue weighted by molar-refractivity contribution is 0.0953. The molecule has 1 amide bonds. The Bertz CT molecular complexity index is 592. The quantitative estimate of drug-likeness (QED) is 0.807. The van der Waals surface area contributed by atoms with E-state index in [1.54, 1.807) is 25.1 Å². The molecule has 1 heterocycles. The van der Waals surface area contributed by atoms with E-state index in [2.05, 4.69) is 15.5 Å². The SMILES string of the molecule is Cc1noc(CCNC(=O)c2cccc(N)c2C)n1. The highest BCUT2D eigenvalue weighted by Crippen LogP contribution is 2.15. The first-order valence-electron chi connectivity index (χ1n) is 6.00. The van der Waals surface area contributed by atoms with Crippen molar-refractivity contribution >= 4 is 11.6 Å². The number of rotatable bonds is 4. The second-order valence-corrected chi connectivity index (χ2v) is 4.26. The van der Waals surface area contributed by atoms with E-state index in [1.165, 1.54) is 0 Å². The predicted octanol–water partition coefficient (Wildman–Crippen LogP) is 1.24. The minimum atomic E-state index is -0.152. The average Bonchev–Trinajstić information content (AvgIpc) is 2.78. The van der Waals surface area contributed by atoms with Crippen molar-refractivity contribution < 1.29 is 9.32 Å². The molecular formula is C13H16N4O2. The maximum atomic E-state index is 12.0. The molecule has 0 aliphatic heterocycles. The first-order valence-corrected chi connectivity index (χ1v) is 6.00. The van der Waals surface area contributed by atoms with Gasteiger partial charge < -0.3 is 15.6 Å². The third-order valence-corrected chi connectivity index (χ3v) is 2.81. The van der Waals surface area contributed by atoms with E-state index in [0.29, 0.717) is 35.9 Å². The second-order valence-electron chi connectivity index (χ2n) is 4.26. The van der Waals surface area contributed by atoms with Gasteiger partial charge in [-0.15, -0.1) is 0 Å². The van der Waals surface area contributed by atoms with E-state index in [0.717, 1.165) is 5.56 Å². The molecule has 1 aromatic heterocycles. The summed E-state index contributed by atoms with van der Waals surface area (Å²) < 4.78 is 4.96. The van der Waals surface area contributed by atoms with Crippen molar-refractivity contribution in [1.29, 1.82) is 0 Å². The van der Waals surface area contributed by atoms with Crippen LogP contribution in [0, 0.1) is 13.8 Å². The van der Waals surface area contributed by atoms with Gasteiger partial charge in [-0.25, -0.2) is 0 Å². The lowest BCUT2D eigenvalue weighted by Gasteiger charge is -2.08. The van der Waals surface area contributed by atoms with Crippen molar-refractivity contribution in [2.45, 2.75) is 20.3 Å². The Hall–Kier alpha value is -2.37. The molecule has 0 fully saturated rings. The Balaban J connectivity index is 1.93. The van der Waals surface area contributed by atoms with Crippen molar-refractivity contribution in [3.05, 3.63) is 41.0 Å². The van der Waals surface area contributed by atoms with Crippen LogP contribution in [0.1, 0.15) is 27.6 Å². The van der Waals surface area contributed by atoms with Gasteiger partial charge in [0.25, 0.3) is 5.91 Å². The van der Waals surface area contributed by atoms with E-state index >= 15 is 0 Å². The molecule has 19 heavy (non-hydrogen) atoms. The second kappa shape index (κ2) is 5.51. The summed E-state index contributed by atoms with van der Waals surface area (Å²) >= 11 is 0. The van der Waals surface area contributed by atoms with E-state index in [-0.39, 0.29) is 5.91 Å². The highest BCUT2D eigenvalue weighted by molar-refractivity contribution is 5.96. The first kappa shape index (κ1) is 13.1. The molecule has 2 rings (SSSR count). The Labute approximate surface area is 111 Å². The molecule has 0 aliphatic carbocycles. The number of carbonyl (C=O) groups is 1. The summed E-state index contributed by atoms with van der Waals surface area (Å²) in [7, 11) is 0. The van der Waals surface area contributed by atoms with Crippen LogP contribution >= 0.6 is 0 Å². The van der Waals surface area contributed by atoms with Crippen LogP contribution in [-0.2, 0) is 6.42 Å². The summed E-state index contributed by atoms with van der Waals surface area (Å²) in [5.41, 5.74) is 7.75. The molecule has 0 radical (unpaired) electrons. The number of anilines is 1. The van der Waals surface area contributed by atoms with Crippen LogP contribution in [0.3, 0.4) is 0 Å². The fraction of sp³-hybridized carbons (Fsp3) is 0.308. The van der Waals surface area contributed by atoms with E-state index in [4.69, 9.17) is 10.3 Å². The third kappa shape index (κ3) is 3.09. The highest BCUT2D eigenvalue weighted by Gasteiger charge is 2.10. The van der Waals surface area contributed by atoms with Gasteiger partial charge in [-0.05, 0) is 31.5 Å². The van der Waals surface area contributed by atoms with Crippen LogP contribution in [0.5, 0.6) is 0 Å². The highest BCUT2D eigenvalue weighted by atomic mass is 16.5. The Morgan fingerprint density at radius 2 is 2.21 bits per heavy atom. The largest absolute Gasteiger partial charge is 0.398 e. The van der Waals surface area contributed by atoms with Gasteiger partial charge in [-0.2, -0.15) is 4.98 Å². The van der Waals surface area contributed by atoms with E-state index in [9.17, 15) is 4.79 Å². The molecule has 0 saturated heterocycles. The van der Waals surface area contributed by atoms with Crippen molar-refractivity contribution in [3.8, 4) is 0 Å². The maximum Gasteiger partial charge on any atom is 0.251 e. The van der Waals surface area contributed by atoms with Gasteiger partial charge in [-0.3, -0.25) is 4.79 Å². The molecule has 0 aliphatic rings. The molecule has 0 atom stereocenters. The van der Waals surface area contributed by atoms with Crippen LogP contribution in [-0.4, -0.2) is 22.6 Å². The zero-order valence-electron chi connectivity index (χ0n) is 10.9. The summed E-state index contributed by atoms with van der Waals surface area (Å²) in [4.78, 5) is 16.0. The number of nitrogens with zero attached hydrogens (tertiary/aromatic N) is 2. The van der Waals surface area contributed by atoms with Gasteiger partial charge in [-0.1, -0.05) is 11.2 Å². The number of benzene rings is 1. The number of amides is 1. The molecule has 6 nitrogen and oxygen atoms in total. The third-order valence-electron chi connectivity index (χ3n) is 2.81. The Morgan fingerprint density at radius 3 is 2.89 bits per heavy atom. The number of hydrogen-bond donors (Lipinski definition) is 2. The molecule has 6 heteroatoms. The normalized spacial score (nSPS) is 10.4. The summed E-state index contributed by atoms with van der Waals surface area (Å²) in [6, 6.07) is 5.28. The number of nitrogens with two attached hydrogens (primary N) is 1. The summed E-state index contributed by atoms with van der Waals surface area (Å²) in [6.07, 6.45) is 0.508. The molecule has 100 valence electrons. The number of aromatic nitrogens is 2. The van der Waals surface area contributed by atoms with Crippen LogP contribution in [0.15, 0.2) is 22.7 Å². The number of aryl methyl sites for hydroxylation is 1. The predicted molar refractivity (Wildman–Crippen MR) is 70.7 cm³/mol. The van der Waals surface area contributed by atoms with Crippen LogP contribution in [0.2, 0.25) is 0 Å². The fourth-order valence-corrected chi connectivity index (χ4v) is 1.72. The van der Waals surface area contributed by atoms with Crippen molar-refractivity contribution in [1.82, 2.24) is 15.5 Å². The molecule has 0 saturated carbocycles. The topological polar surface area (TPSA) is 94.0 Å². The minimum Gasteiger partial charge on any atom is -0.398 e.